The Bertz CT molecular complexity index is 319. The Balaban J connectivity index is 2.60. The highest BCUT2D eigenvalue weighted by Crippen LogP contribution is 2.29. The Morgan fingerprint density at radius 1 is 1.39 bits per heavy atom. The van der Waals surface area contributed by atoms with Gasteiger partial charge in [0.25, 0.3) is 0 Å². The summed E-state index contributed by atoms with van der Waals surface area (Å²) in [6.07, 6.45) is 3.52. The van der Waals surface area contributed by atoms with Gasteiger partial charge in [-0.1, -0.05) is 6.42 Å². The quantitative estimate of drug-likeness (QED) is 0.809. The van der Waals surface area contributed by atoms with Crippen molar-refractivity contribution in [3.8, 4) is 0 Å². The van der Waals surface area contributed by atoms with Crippen molar-refractivity contribution in [2.75, 3.05) is 6.54 Å². The van der Waals surface area contributed by atoms with Crippen molar-refractivity contribution in [2.45, 2.75) is 58.5 Å². The second kappa shape index (κ2) is 5.59. The average Bonchev–Trinajstić information content (AvgIpc) is 2.08. The molecule has 18 heavy (non-hydrogen) atoms. The molecule has 1 aliphatic carbocycles. The molecule has 0 aliphatic heterocycles. The summed E-state index contributed by atoms with van der Waals surface area (Å²) in [4.78, 5) is 24.3. The predicted molar refractivity (Wildman–Crippen MR) is 69.4 cm³/mol. The molecule has 1 saturated carbocycles. The number of nitrogens with zero attached hydrogens (tertiary/aromatic N) is 1. The molecular weight excluding hydrogens is 232 g/mol. The molecule has 1 aliphatic rings. The number of carbonyl (C=O) groups is 2. The van der Waals surface area contributed by atoms with Crippen LogP contribution in [-0.2, 0) is 4.79 Å². The first-order chi connectivity index (χ1) is 8.21. The molecule has 1 unspecified atom stereocenters. The van der Waals surface area contributed by atoms with Gasteiger partial charge in [0.05, 0.1) is 0 Å². The third-order valence-corrected chi connectivity index (χ3v) is 3.56. The van der Waals surface area contributed by atoms with Gasteiger partial charge in [-0.15, -0.1) is 0 Å². The summed E-state index contributed by atoms with van der Waals surface area (Å²) in [7, 11) is 0. The highest BCUT2D eigenvalue weighted by atomic mass is 16.4. The topological polar surface area (TPSA) is 69.6 Å². The number of urea groups is 1. The van der Waals surface area contributed by atoms with E-state index in [4.69, 9.17) is 5.11 Å². The zero-order valence-corrected chi connectivity index (χ0v) is 11.7. The summed E-state index contributed by atoms with van der Waals surface area (Å²) in [5.41, 5.74) is -0.498. The lowest BCUT2D eigenvalue weighted by Gasteiger charge is -2.38. The van der Waals surface area contributed by atoms with E-state index in [1.165, 1.54) is 11.3 Å². The Kier molecular flexibility index (Phi) is 4.59. The first kappa shape index (κ1) is 14.8. The Morgan fingerprint density at radius 3 is 2.28 bits per heavy atom. The van der Waals surface area contributed by atoms with E-state index in [-0.39, 0.29) is 18.6 Å². The smallest absolute Gasteiger partial charge is 0.323 e. The Labute approximate surface area is 109 Å². The Hall–Kier alpha value is -1.26. The lowest BCUT2D eigenvalue weighted by Crippen LogP contribution is -2.55. The van der Waals surface area contributed by atoms with E-state index in [1.807, 2.05) is 27.7 Å². The highest BCUT2D eigenvalue weighted by molar-refractivity contribution is 5.81. The molecule has 5 nitrogen and oxygen atoms in total. The van der Waals surface area contributed by atoms with E-state index < -0.39 is 11.5 Å². The van der Waals surface area contributed by atoms with Crippen molar-refractivity contribution in [2.24, 2.45) is 5.92 Å². The number of carboxylic acid groups (broad SMARTS) is 1. The molecule has 2 amide bonds. The second-order valence-electron chi connectivity index (χ2n) is 6.08. The fourth-order valence-electron chi connectivity index (χ4n) is 2.08. The number of hydrogen-bond acceptors (Lipinski definition) is 2. The fraction of sp³-hybridized carbons (Fsp3) is 0.846. The van der Waals surface area contributed by atoms with Crippen LogP contribution in [-0.4, -0.2) is 40.1 Å². The number of carbonyl (C=O) groups excluding carboxylic acids is 1. The maximum Gasteiger partial charge on any atom is 0.323 e. The van der Waals surface area contributed by atoms with Crippen LogP contribution in [0, 0.1) is 5.92 Å². The van der Waals surface area contributed by atoms with E-state index in [2.05, 4.69) is 5.32 Å². The second-order valence-corrected chi connectivity index (χ2v) is 6.08. The Morgan fingerprint density at radius 2 is 1.94 bits per heavy atom. The van der Waals surface area contributed by atoms with Gasteiger partial charge in [-0.2, -0.15) is 0 Å². The van der Waals surface area contributed by atoms with Gasteiger partial charge in [-0.25, -0.2) is 4.79 Å². The van der Waals surface area contributed by atoms with Crippen molar-refractivity contribution < 1.29 is 14.7 Å². The summed E-state index contributed by atoms with van der Waals surface area (Å²) >= 11 is 0. The molecule has 0 aromatic carbocycles. The van der Waals surface area contributed by atoms with Gasteiger partial charge in [0.15, 0.2) is 0 Å². The van der Waals surface area contributed by atoms with E-state index >= 15 is 0 Å². The molecule has 1 rings (SSSR count). The van der Waals surface area contributed by atoms with Crippen LogP contribution in [0.4, 0.5) is 4.79 Å². The van der Waals surface area contributed by atoms with Crippen molar-refractivity contribution in [3.05, 3.63) is 0 Å². The van der Waals surface area contributed by atoms with Gasteiger partial charge in [0, 0.05) is 11.6 Å². The molecule has 0 bridgehead atoms. The van der Waals surface area contributed by atoms with Gasteiger partial charge in [0.1, 0.15) is 6.54 Å². The molecule has 5 heteroatoms. The molecule has 0 spiro atoms. The highest BCUT2D eigenvalue weighted by Gasteiger charge is 2.31. The zero-order valence-electron chi connectivity index (χ0n) is 11.7. The van der Waals surface area contributed by atoms with Crippen LogP contribution >= 0.6 is 0 Å². The first-order valence-corrected chi connectivity index (χ1v) is 6.51. The molecule has 1 atom stereocenters. The number of hydrogen-bond donors (Lipinski definition) is 2. The van der Waals surface area contributed by atoms with E-state index in [9.17, 15) is 9.59 Å². The molecular formula is C13H24N2O3. The largest absolute Gasteiger partial charge is 0.480 e. The molecule has 0 heterocycles. The zero-order chi connectivity index (χ0) is 13.9. The van der Waals surface area contributed by atoms with Gasteiger partial charge in [-0.3, -0.25) is 4.79 Å². The number of carboxylic acids is 1. The van der Waals surface area contributed by atoms with E-state index in [0.717, 1.165) is 12.8 Å². The fourth-order valence-corrected chi connectivity index (χ4v) is 2.08. The van der Waals surface area contributed by atoms with Gasteiger partial charge >= 0.3 is 12.0 Å². The molecule has 104 valence electrons. The van der Waals surface area contributed by atoms with Crippen LogP contribution in [0.5, 0.6) is 0 Å². The van der Waals surface area contributed by atoms with Crippen molar-refractivity contribution in [1.29, 1.82) is 0 Å². The lowest BCUT2D eigenvalue weighted by atomic mass is 9.80. The SMILES string of the molecule is CC(NC(=O)N(CC(=O)O)C(C)(C)C)C1CCC1. The minimum absolute atomic E-state index is 0.116. The van der Waals surface area contributed by atoms with E-state index in [1.54, 1.807) is 0 Å². The number of nitrogens with one attached hydrogen (secondary N) is 1. The number of aliphatic carboxylic acids is 1. The van der Waals surface area contributed by atoms with Crippen LogP contribution in [0.25, 0.3) is 0 Å². The van der Waals surface area contributed by atoms with Crippen molar-refractivity contribution in [3.63, 3.8) is 0 Å². The van der Waals surface area contributed by atoms with Gasteiger partial charge in [-0.05, 0) is 46.5 Å². The van der Waals surface area contributed by atoms with Gasteiger partial charge < -0.3 is 15.3 Å². The van der Waals surface area contributed by atoms with Crippen molar-refractivity contribution >= 4 is 12.0 Å². The number of amides is 2. The van der Waals surface area contributed by atoms with Crippen LogP contribution in [0.2, 0.25) is 0 Å². The number of rotatable bonds is 4. The standard InChI is InChI=1S/C13H24N2O3/c1-9(10-6-5-7-10)14-12(18)15(8-11(16)17)13(2,3)4/h9-10H,5-8H2,1-4H3,(H,14,18)(H,16,17). The maximum absolute atomic E-state index is 12.1. The summed E-state index contributed by atoms with van der Waals surface area (Å²) in [5, 5.41) is 11.8. The molecule has 0 radical (unpaired) electrons. The van der Waals surface area contributed by atoms with Crippen LogP contribution in [0.3, 0.4) is 0 Å². The molecule has 0 aromatic rings. The molecule has 1 fully saturated rings. The molecule has 2 N–H and O–H groups in total. The van der Waals surface area contributed by atoms with Gasteiger partial charge in [0.2, 0.25) is 0 Å². The average molecular weight is 256 g/mol. The van der Waals surface area contributed by atoms with Crippen molar-refractivity contribution in [1.82, 2.24) is 10.2 Å². The summed E-state index contributed by atoms with van der Waals surface area (Å²) in [6, 6.07) is -0.172. The minimum Gasteiger partial charge on any atom is -0.480 e. The third kappa shape index (κ3) is 3.89. The van der Waals surface area contributed by atoms with Crippen LogP contribution < -0.4 is 5.32 Å². The normalized spacial score (nSPS) is 17.8. The third-order valence-electron chi connectivity index (χ3n) is 3.56. The summed E-state index contributed by atoms with van der Waals surface area (Å²) in [6.45, 7) is 7.23. The first-order valence-electron chi connectivity index (χ1n) is 6.51. The van der Waals surface area contributed by atoms with Crippen LogP contribution in [0.15, 0.2) is 0 Å². The summed E-state index contributed by atoms with van der Waals surface area (Å²) in [5.74, 6) is -0.447. The predicted octanol–water partition coefficient (Wildman–Crippen LogP) is 2.07. The molecule has 0 saturated heterocycles. The summed E-state index contributed by atoms with van der Waals surface area (Å²) < 4.78 is 0. The minimum atomic E-state index is -0.989. The van der Waals surface area contributed by atoms with E-state index in [0.29, 0.717) is 5.92 Å². The van der Waals surface area contributed by atoms with Crippen LogP contribution in [0.1, 0.15) is 47.0 Å². The maximum atomic E-state index is 12.1. The molecule has 0 aromatic heterocycles. The lowest BCUT2D eigenvalue weighted by molar-refractivity contribution is -0.138. The monoisotopic (exact) mass is 256 g/mol.